The monoisotopic (exact) mass is 477 g/mol. The Hall–Kier alpha value is -4.45. The number of allylic oxidation sites excluding steroid dienone is 1. The van der Waals surface area contributed by atoms with E-state index in [2.05, 4.69) is 0 Å². The third-order valence-corrected chi connectivity index (χ3v) is 5.97. The van der Waals surface area contributed by atoms with Gasteiger partial charge in [0.2, 0.25) is 11.6 Å². The van der Waals surface area contributed by atoms with Crippen LogP contribution in [0.5, 0.6) is 23.0 Å². The van der Waals surface area contributed by atoms with Crippen molar-refractivity contribution in [2.24, 2.45) is 5.73 Å². The molecule has 2 aromatic carbocycles. The smallest absolute Gasteiger partial charge is 0.259 e. The number of nitrogens with two attached hydrogens (primary N) is 1. The number of pyridine rings is 1. The highest BCUT2D eigenvalue weighted by molar-refractivity contribution is 5.56. The first-order chi connectivity index (χ1) is 16.8. The molecule has 180 valence electrons. The van der Waals surface area contributed by atoms with Gasteiger partial charge in [0.15, 0.2) is 11.5 Å². The second-order valence-corrected chi connectivity index (χ2v) is 7.93. The lowest BCUT2D eigenvalue weighted by Crippen LogP contribution is -2.33. The number of hydrogen-bond acceptors (Lipinski definition) is 7. The molecule has 9 heteroatoms. The Kier molecular flexibility index (Phi) is 6.38. The number of nitriles is 1. The topological polar surface area (TPSA) is 109 Å². The Labute approximate surface area is 201 Å². The standard InChI is InChI=1S/C26H24FN3O5/c1-14-9-19-23(22(17(12-28)25(29)35-19)16-7-5-6-8-18(16)27)26(31)30(14)13-15-10-20(32-2)24(34-4)21(11-15)33-3/h5-11,22H,13,29H2,1-4H3/t22-/m0/s1. The van der Waals surface area contributed by atoms with Gasteiger partial charge in [-0.15, -0.1) is 0 Å². The summed E-state index contributed by atoms with van der Waals surface area (Å²) >= 11 is 0. The van der Waals surface area contributed by atoms with Crippen molar-refractivity contribution in [3.63, 3.8) is 0 Å². The molecule has 1 aliphatic heterocycles. The maximum absolute atomic E-state index is 14.8. The molecular weight excluding hydrogens is 453 g/mol. The Balaban J connectivity index is 1.91. The number of hydrogen-bond donors (Lipinski definition) is 1. The molecule has 0 fully saturated rings. The van der Waals surface area contributed by atoms with Crippen LogP contribution in [0.15, 0.2) is 58.7 Å². The molecule has 0 unspecified atom stereocenters. The van der Waals surface area contributed by atoms with Gasteiger partial charge in [0.05, 0.1) is 39.4 Å². The van der Waals surface area contributed by atoms with E-state index in [0.717, 1.165) is 0 Å². The normalized spacial score (nSPS) is 14.6. The highest BCUT2D eigenvalue weighted by Gasteiger charge is 2.35. The van der Waals surface area contributed by atoms with Crippen molar-refractivity contribution in [3.05, 3.63) is 92.5 Å². The zero-order valence-electron chi connectivity index (χ0n) is 19.7. The number of nitrogens with zero attached hydrogens (tertiary/aromatic N) is 2. The minimum absolute atomic E-state index is 0.0251. The number of benzene rings is 2. The van der Waals surface area contributed by atoms with Gasteiger partial charge >= 0.3 is 0 Å². The molecule has 0 saturated carbocycles. The van der Waals surface area contributed by atoms with Gasteiger partial charge in [-0.25, -0.2) is 4.39 Å². The third-order valence-electron chi connectivity index (χ3n) is 5.97. The van der Waals surface area contributed by atoms with Crippen molar-refractivity contribution in [1.82, 2.24) is 4.57 Å². The number of ether oxygens (including phenoxy) is 4. The number of aryl methyl sites for hydroxylation is 1. The second kappa shape index (κ2) is 9.43. The molecule has 2 N–H and O–H groups in total. The van der Waals surface area contributed by atoms with Crippen molar-refractivity contribution < 1.29 is 23.3 Å². The quantitative estimate of drug-likeness (QED) is 0.578. The number of rotatable bonds is 6. The van der Waals surface area contributed by atoms with Crippen LogP contribution in [-0.4, -0.2) is 25.9 Å². The Bertz CT molecular complexity index is 1410. The lowest BCUT2D eigenvalue weighted by atomic mass is 9.83. The van der Waals surface area contributed by atoms with E-state index in [1.807, 2.05) is 6.07 Å². The fourth-order valence-electron chi connectivity index (χ4n) is 4.31. The van der Waals surface area contributed by atoms with Crippen LogP contribution in [0.2, 0.25) is 0 Å². The number of fused-ring (bicyclic) bond motifs is 1. The summed E-state index contributed by atoms with van der Waals surface area (Å²) in [4.78, 5) is 13.8. The van der Waals surface area contributed by atoms with E-state index in [1.165, 1.54) is 44.1 Å². The largest absolute Gasteiger partial charge is 0.493 e. The van der Waals surface area contributed by atoms with Crippen LogP contribution in [0.3, 0.4) is 0 Å². The average Bonchev–Trinajstić information content (AvgIpc) is 2.85. The number of methoxy groups -OCH3 is 3. The summed E-state index contributed by atoms with van der Waals surface area (Å²) in [5.41, 5.74) is 7.14. The predicted molar refractivity (Wildman–Crippen MR) is 126 cm³/mol. The first-order valence-electron chi connectivity index (χ1n) is 10.7. The molecule has 35 heavy (non-hydrogen) atoms. The average molecular weight is 477 g/mol. The molecule has 2 heterocycles. The second-order valence-electron chi connectivity index (χ2n) is 7.93. The zero-order valence-corrected chi connectivity index (χ0v) is 19.7. The zero-order chi connectivity index (χ0) is 25.3. The summed E-state index contributed by atoms with van der Waals surface area (Å²) in [6.07, 6.45) is 0. The van der Waals surface area contributed by atoms with Crippen molar-refractivity contribution in [3.8, 4) is 29.1 Å². The molecule has 3 aromatic rings. The van der Waals surface area contributed by atoms with Crippen molar-refractivity contribution in [2.45, 2.75) is 19.4 Å². The van der Waals surface area contributed by atoms with E-state index >= 15 is 0 Å². The van der Waals surface area contributed by atoms with E-state index in [9.17, 15) is 14.4 Å². The van der Waals surface area contributed by atoms with Crippen molar-refractivity contribution >= 4 is 0 Å². The molecule has 0 aliphatic carbocycles. The van der Waals surface area contributed by atoms with E-state index in [1.54, 1.807) is 31.2 Å². The minimum atomic E-state index is -1.01. The van der Waals surface area contributed by atoms with Gasteiger partial charge in [-0.05, 0) is 30.7 Å². The van der Waals surface area contributed by atoms with Crippen LogP contribution in [-0.2, 0) is 6.54 Å². The fourth-order valence-corrected chi connectivity index (χ4v) is 4.31. The summed E-state index contributed by atoms with van der Waals surface area (Å²) in [6, 6.07) is 13.1. The first-order valence-corrected chi connectivity index (χ1v) is 10.7. The lowest BCUT2D eigenvalue weighted by Gasteiger charge is -2.27. The first kappa shape index (κ1) is 23.7. The van der Waals surface area contributed by atoms with Crippen LogP contribution in [0.1, 0.15) is 28.3 Å². The van der Waals surface area contributed by atoms with E-state index < -0.39 is 17.3 Å². The highest BCUT2D eigenvalue weighted by atomic mass is 19.1. The third kappa shape index (κ3) is 4.04. The molecule has 0 radical (unpaired) electrons. The fraction of sp³-hybridized carbons (Fsp3) is 0.231. The van der Waals surface area contributed by atoms with Crippen LogP contribution in [0, 0.1) is 24.1 Å². The molecular formula is C26H24FN3O5. The highest BCUT2D eigenvalue weighted by Crippen LogP contribution is 2.42. The van der Waals surface area contributed by atoms with Crippen molar-refractivity contribution in [1.29, 1.82) is 5.26 Å². The van der Waals surface area contributed by atoms with Crippen LogP contribution >= 0.6 is 0 Å². The Morgan fingerprint density at radius 1 is 1.11 bits per heavy atom. The Morgan fingerprint density at radius 3 is 2.34 bits per heavy atom. The van der Waals surface area contributed by atoms with Gasteiger partial charge < -0.3 is 29.2 Å². The minimum Gasteiger partial charge on any atom is -0.493 e. The lowest BCUT2D eigenvalue weighted by molar-refractivity contribution is 0.323. The molecule has 4 rings (SSSR count). The summed E-state index contributed by atoms with van der Waals surface area (Å²) in [5.74, 6) is -0.208. The molecule has 1 aromatic heterocycles. The van der Waals surface area contributed by atoms with Gasteiger partial charge in [0.25, 0.3) is 5.56 Å². The van der Waals surface area contributed by atoms with Gasteiger partial charge in [-0.3, -0.25) is 4.79 Å². The Morgan fingerprint density at radius 2 is 1.77 bits per heavy atom. The number of aromatic nitrogens is 1. The van der Waals surface area contributed by atoms with Gasteiger partial charge in [-0.1, -0.05) is 18.2 Å². The maximum atomic E-state index is 14.8. The van der Waals surface area contributed by atoms with E-state index in [4.69, 9.17) is 24.7 Å². The number of halogens is 1. The summed E-state index contributed by atoms with van der Waals surface area (Å²) in [6.45, 7) is 1.90. The molecule has 0 saturated heterocycles. The predicted octanol–water partition coefficient (Wildman–Crippen LogP) is 3.59. The molecule has 0 spiro atoms. The molecule has 8 nitrogen and oxygen atoms in total. The SMILES string of the molecule is COc1cc(Cn2c(C)cc3c(c2=O)[C@@H](c2ccccc2F)C(C#N)=C(N)O3)cc(OC)c1OC. The molecule has 0 amide bonds. The van der Waals surface area contributed by atoms with Crippen LogP contribution < -0.4 is 30.2 Å². The summed E-state index contributed by atoms with van der Waals surface area (Å²) < 4.78 is 38.2. The maximum Gasteiger partial charge on any atom is 0.259 e. The molecule has 1 atom stereocenters. The van der Waals surface area contributed by atoms with E-state index in [-0.39, 0.29) is 34.9 Å². The molecule has 0 bridgehead atoms. The van der Waals surface area contributed by atoms with Gasteiger partial charge in [-0.2, -0.15) is 5.26 Å². The molecule has 1 aliphatic rings. The summed E-state index contributed by atoms with van der Waals surface area (Å²) in [5, 5.41) is 9.79. The summed E-state index contributed by atoms with van der Waals surface area (Å²) in [7, 11) is 4.52. The van der Waals surface area contributed by atoms with Crippen molar-refractivity contribution in [2.75, 3.05) is 21.3 Å². The van der Waals surface area contributed by atoms with Gasteiger partial charge in [0, 0.05) is 17.3 Å². The van der Waals surface area contributed by atoms with Crippen LogP contribution in [0.4, 0.5) is 4.39 Å². The van der Waals surface area contributed by atoms with Gasteiger partial charge in [0.1, 0.15) is 23.2 Å². The van der Waals surface area contributed by atoms with E-state index in [0.29, 0.717) is 28.5 Å². The van der Waals surface area contributed by atoms with Crippen LogP contribution in [0.25, 0.3) is 0 Å².